The van der Waals surface area contributed by atoms with E-state index in [2.05, 4.69) is 11.6 Å². The molecule has 60 valence electrons. The topological polar surface area (TPSA) is 49.9 Å². The van der Waals surface area contributed by atoms with Gasteiger partial charge in [-0.2, -0.15) is 0 Å². The lowest BCUT2D eigenvalue weighted by Gasteiger charge is -1.80. The Bertz CT molecular complexity index is 205. The maximum Gasteiger partial charge on any atom is 0.182 e. The van der Waals surface area contributed by atoms with E-state index in [1.165, 1.54) is 6.39 Å². The lowest BCUT2D eigenvalue weighted by Crippen LogP contribution is -1.78. The van der Waals surface area contributed by atoms with Crippen molar-refractivity contribution in [2.45, 2.75) is 13.8 Å². The van der Waals surface area contributed by atoms with Crippen molar-refractivity contribution in [2.24, 2.45) is 0 Å². The molecule has 0 unspecified atom stereocenters. The van der Waals surface area contributed by atoms with Crippen molar-refractivity contribution in [2.75, 3.05) is 0 Å². The molecule has 0 atom stereocenters. The van der Waals surface area contributed by atoms with Crippen molar-refractivity contribution in [3.8, 4) is 0 Å². The zero-order valence-electron chi connectivity index (χ0n) is 6.79. The van der Waals surface area contributed by atoms with Crippen LogP contribution in [0.3, 0.4) is 0 Å². The average Bonchev–Trinajstić information content (AvgIpc) is 2.54. The Balaban J connectivity index is 0.000000461. The third-order valence-corrected chi connectivity index (χ3v) is 0.948. The highest BCUT2D eigenvalue weighted by atomic mass is 16.3. The maximum absolute atomic E-state index is 6.80. The molecule has 1 rings (SSSR count). The van der Waals surface area contributed by atoms with Crippen LogP contribution in [-0.2, 0) is 0 Å². The summed E-state index contributed by atoms with van der Waals surface area (Å²) in [4.78, 5) is 3.77. The molecule has 0 spiro atoms. The molecule has 0 radical (unpaired) electrons. The first-order chi connectivity index (χ1) is 5.38. The first-order valence-electron chi connectivity index (χ1n) is 3.45. The molecule has 0 bridgehead atoms. The Morgan fingerprint density at radius 1 is 1.64 bits per heavy atom. The number of hydrogen-bond acceptors (Lipinski definition) is 3. The molecular formula is C8H12N2O. The molecule has 1 N–H and O–H groups in total. The highest BCUT2D eigenvalue weighted by Crippen LogP contribution is 2.03. The Hall–Kier alpha value is -1.38. The van der Waals surface area contributed by atoms with Gasteiger partial charge in [0.05, 0.1) is 6.21 Å². The smallest absolute Gasteiger partial charge is 0.182 e. The first kappa shape index (κ1) is 9.62. The summed E-state index contributed by atoms with van der Waals surface area (Å²) in [6.07, 6.45) is 3.94. The SMILES string of the molecule is C=Cc1ncoc1C=N.CC. The van der Waals surface area contributed by atoms with Crippen LogP contribution < -0.4 is 0 Å². The van der Waals surface area contributed by atoms with E-state index in [1.807, 2.05) is 13.8 Å². The zero-order chi connectivity index (χ0) is 8.69. The van der Waals surface area contributed by atoms with Gasteiger partial charge in [0.1, 0.15) is 5.69 Å². The van der Waals surface area contributed by atoms with Crippen LogP contribution in [-0.4, -0.2) is 11.2 Å². The number of hydrogen-bond donors (Lipinski definition) is 1. The summed E-state index contributed by atoms with van der Waals surface area (Å²) in [6.45, 7) is 7.49. The molecule has 0 aliphatic rings. The van der Waals surface area contributed by atoms with Gasteiger partial charge in [0.15, 0.2) is 12.2 Å². The highest BCUT2D eigenvalue weighted by molar-refractivity contribution is 5.77. The van der Waals surface area contributed by atoms with Crippen molar-refractivity contribution in [1.29, 1.82) is 5.41 Å². The second kappa shape index (κ2) is 5.41. The van der Waals surface area contributed by atoms with Crippen LogP contribution in [0, 0.1) is 5.41 Å². The van der Waals surface area contributed by atoms with Crippen LogP contribution in [0.1, 0.15) is 25.3 Å². The van der Waals surface area contributed by atoms with Crippen molar-refractivity contribution in [3.05, 3.63) is 24.4 Å². The predicted molar refractivity (Wildman–Crippen MR) is 45.8 cm³/mol. The van der Waals surface area contributed by atoms with Crippen LogP contribution >= 0.6 is 0 Å². The second-order valence-electron chi connectivity index (χ2n) is 1.45. The van der Waals surface area contributed by atoms with E-state index < -0.39 is 0 Å². The molecule has 0 saturated carbocycles. The number of nitrogens with zero attached hydrogens (tertiary/aromatic N) is 1. The molecule has 3 nitrogen and oxygen atoms in total. The molecule has 0 aliphatic heterocycles. The van der Waals surface area contributed by atoms with Gasteiger partial charge in [-0.05, 0) is 6.08 Å². The third kappa shape index (κ3) is 2.37. The fraction of sp³-hybridized carbons (Fsp3) is 0.250. The molecule has 3 heteroatoms. The first-order valence-corrected chi connectivity index (χ1v) is 3.45. The Labute approximate surface area is 66.3 Å². The Morgan fingerprint density at radius 3 is 2.64 bits per heavy atom. The van der Waals surface area contributed by atoms with Gasteiger partial charge in [0.25, 0.3) is 0 Å². The summed E-state index contributed by atoms with van der Waals surface area (Å²) in [5, 5.41) is 6.80. The predicted octanol–water partition coefficient (Wildman–Crippen LogP) is 2.34. The van der Waals surface area contributed by atoms with Gasteiger partial charge >= 0.3 is 0 Å². The molecule has 0 fully saturated rings. The maximum atomic E-state index is 6.80. The molecule has 0 aliphatic carbocycles. The minimum Gasteiger partial charge on any atom is -0.442 e. The summed E-state index contributed by atoms with van der Waals surface area (Å²) < 4.78 is 4.78. The molecule has 1 heterocycles. The minimum absolute atomic E-state index is 0.449. The standard InChI is InChI=1S/C6H6N2O.C2H6/c1-2-5-6(3-7)9-4-8-5;1-2/h2-4,7H,1H2;1-2H3. The lowest BCUT2D eigenvalue weighted by molar-refractivity contribution is 0.550. The van der Waals surface area contributed by atoms with Gasteiger partial charge < -0.3 is 9.83 Å². The van der Waals surface area contributed by atoms with E-state index in [4.69, 9.17) is 9.83 Å². The second-order valence-corrected chi connectivity index (χ2v) is 1.45. The third-order valence-electron chi connectivity index (χ3n) is 0.948. The van der Waals surface area contributed by atoms with Crippen molar-refractivity contribution in [1.82, 2.24) is 4.98 Å². The van der Waals surface area contributed by atoms with Crippen molar-refractivity contribution < 1.29 is 4.42 Å². The average molecular weight is 152 g/mol. The number of nitrogens with one attached hydrogen (secondary N) is 1. The summed E-state index contributed by atoms with van der Waals surface area (Å²) in [5.41, 5.74) is 0.616. The van der Waals surface area contributed by atoms with E-state index in [0.717, 1.165) is 6.21 Å². The van der Waals surface area contributed by atoms with Gasteiger partial charge in [-0.3, -0.25) is 0 Å². The molecule has 0 saturated heterocycles. The fourth-order valence-electron chi connectivity index (χ4n) is 0.525. The van der Waals surface area contributed by atoms with Crippen LogP contribution in [0.15, 0.2) is 17.4 Å². The lowest BCUT2D eigenvalue weighted by atomic mass is 10.3. The summed E-state index contributed by atoms with van der Waals surface area (Å²) in [6, 6.07) is 0. The van der Waals surface area contributed by atoms with E-state index >= 15 is 0 Å². The van der Waals surface area contributed by atoms with Crippen LogP contribution in [0.5, 0.6) is 0 Å². The molecule has 1 aromatic heterocycles. The zero-order valence-corrected chi connectivity index (χ0v) is 6.79. The van der Waals surface area contributed by atoms with E-state index in [1.54, 1.807) is 6.08 Å². The van der Waals surface area contributed by atoms with Crippen molar-refractivity contribution in [3.63, 3.8) is 0 Å². The largest absolute Gasteiger partial charge is 0.442 e. The Kier molecular flexibility index (Phi) is 4.73. The van der Waals surface area contributed by atoms with E-state index in [-0.39, 0.29) is 0 Å². The molecular weight excluding hydrogens is 140 g/mol. The van der Waals surface area contributed by atoms with E-state index in [9.17, 15) is 0 Å². The number of aromatic nitrogens is 1. The summed E-state index contributed by atoms with van der Waals surface area (Å²) >= 11 is 0. The molecule has 11 heavy (non-hydrogen) atoms. The van der Waals surface area contributed by atoms with Gasteiger partial charge in [-0.25, -0.2) is 4.98 Å². The highest BCUT2D eigenvalue weighted by Gasteiger charge is 1.97. The Morgan fingerprint density at radius 2 is 2.27 bits per heavy atom. The van der Waals surface area contributed by atoms with Gasteiger partial charge in [0.2, 0.25) is 0 Å². The molecule has 0 aromatic carbocycles. The quantitative estimate of drug-likeness (QED) is 0.661. The summed E-state index contributed by atoms with van der Waals surface area (Å²) in [5.74, 6) is 0.449. The minimum atomic E-state index is 0.449. The van der Waals surface area contributed by atoms with Gasteiger partial charge in [-0.15, -0.1) is 0 Å². The van der Waals surface area contributed by atoms with Gasteiger partial charge in [-0.1, -0.05) is 20.4 Å². The van der Waals surface area contributed by atoms with Crippen LogP contribution in [0.25, 0.3) is 6.08 Å². The number of oxazole rings is 1. The fourth-order valence-corrected chi connectivity index (χ4v) is 0.525. The van der Waals surface area contributed by atoms with Crippen LogP contribution in [0.4, 0.5) is 0 Å². The molecule has 1 aromatic rings. The summed E-state index contributed by atoms with van der Waals surface area (Å²) in [7, 11) is 0. The molecule has 0 amide bonds. The van der Waals surface area contributed by atoms with Crippen LogP contribution in [0.2, 0.25) is 0 Å². The van der Waals surface area contributed by atoms with Crippen molar-refractivity contribution >= 4 is 12.3 Å². The number of rotatable bonds is 2. The normalized spacial score (nSPS) is 7.82. The van der Waals surface area contributed by atoms with E-state index in [0.29, 0.717) is 11.5 Å². The van der Waals surface area contributed by atoms with Gasteiger partial charge in [0, 0.05) is 0 Å². The monoisotopic (exact) mass is 152 g/mol.